The second-order valence-electron chi connectivity index (χ2n) is 3.13. The molecule has 0 fully saturated rings. The second kappa shape index (κ2) is 4.97. The van der Waals surface area contributed by atoms with Crippen LogP contribution < -0.4 is 0 Å². The molecule has 0 N–H and O–H groups in total. The van der Waals surface area contributed by atoms with Gasteiger partial charge in [-0.25, -0.2) is 9.97 Å². The van der Waals surface area contributed by atoms with E-state index in [0.717, 1.165) is 12.1 Å². The molecule has 0 amide bonds. The molecule has 1 heterocycles. The molecule has 0 aromatic carbocycles. The molecule has 1 unspecified atom stereocenters. The molecule has 1 atom stereocenters. The lowest BCUT2D eigenvalue weighted by Gasteiger charge is -2.06. The minimum Gasteiger partial charge on any atom is -0.228 e. The first-order chi connectivity index (χ1) is 6.65. The largest absolute Gasteiger partial charge is 0.228 e. The van der Waals surface area contributed by atoms with E-state index in [2.05, 4.69) is 23.8 Å². The average Bonchev–Trinajstić information content (AvgIpc) is 2.16. The van der Waals surface area contributed by atoms with E-state index in [1.54, 1.807) is 17.8 Å². The number of aromatic nitrogens is 2. The van der Waals surface area contributed by atoms with Gasteiger partial charge in [-0.15, -0.1) is 0 Å². The average molecular weight is 207 g/mol. The highest BCUT2D eigenvalue weighted by Crippen LogP contribution is 2.21. The molecule has 0 saturated carbocycles. The van der Waals surface area contributed by atoms with Crippen LogP contribution in [0.25, 0.3) is 0 Å². The molecule has 0 bridgehead atoms. The third-order valence-corrected chi connectivity index (χ3v) is 2.96. The highest BCUT2D eigenvalue weighted by Gasteiger charge is 2.06. The summed E-state index contributed by atoms with van der Waals surface area (Å²) < 4.78 is 0. The van der Waals surface area contributed by atoms with Crippen molar-refractivity contribution in [3.05, 3.63) is 17.5 Å². The summed E-state index contributed by atoms with van der Waals surface area (Å²) in [5, 5.41) is 9.92. The van der Waals surface area contributed by atoms with Crippen LogP contribution in [0.3, 0.4) is 0 Å². The Morgan fingerprint density at radius 1 is 1.57 bits per heavy atom. The lowest BCUT2D eigenvalue weighted by atomic mass is 10.4. The maximum absolute atomic E-state index is 8.73. The Hall–Kier alpha value is -1.08. The Morgan fingerprint density at radius 2 is 2.29 bits per heavy atom. The summed E-state index contributed by atoms with van der Waals surface area (Å²) in [6, 6.07) is 3.73. The second-order valence-corrected chi connectivity index (χ2v) is 4.53. The van der Waals surface area contributed by atoms with Gasteiger partial charge in [0.25, 0.3) is 0 Å². The maximum Gasteiger partial charge on any atom is 0.189 e. The summed E-state index contributed by atoms with van der Waals surface area (Å²) in [6.45, 7) is 6.13. The molecule has 0 spiro atoms. The Morgan fingerprint density at radius 3 is 2.86 bits per heavy atom. The molecule has 0 aliphatic rings. The van der Waals surface area contributed by atoms with Crippen molar-refractivity contribution in [3.63, 3.8) is 0 Å². The lowest BCUT2D eigenvalue weighted by molar-refractivity contribution is 0.872. The van der Waals surface area contributed by atoms with Gasteiger partial charge < -0.3 is 0 Å². The van der Waals surface area contributed by atoms with Crippen LogP contribution in [0.15, 0.2) is 11.2 Å². The monoisotopic (exact) mass is 207 g/mol. The molecule has 4 heteroatoms. The van der Waals surface area contributed by atoms with Gasteiger partial charge in [0.15, 0.2) is 5.16 Å². The minimum absolute atomic E-state index is 0.448. The molecule has 1 aromatic rings. The van der Waals surface area contributed by atoms with E-state index in [-0.39, 0.29) is 0 Å². The third-order valence-electron chi connectivity index (χ3n) is 1.83. The highest BCUT2D eigenvalue weighted by molar-refractivity contribution is 7.99. The molecule has 0 saturated heterocycles. The van der Waals surface area contributed by atoms with Crippen molar-refractivity contribution in [1.29, 1.82) is 5.26 Å². The molecule has 1 rings (SSSR count). The number of thioether (sulfide) groups is 1. The van der Waals surface area contributed by atoms with Crippen molar-refractivity contribution < 1.29 is 0 Å². The Labute approximate surface area is 88.6 Å². The molecule has 0 radical (unpaired) electrons. The number of hydrogen-bond donors (Lipinski definition) is 0. The van der Waals surface area contributed by atoms with Crippen LogP contribution in [0.2, 0.25) is 0 Å². The molecular formula is C10H13N3S. The minimum atomic E-state index is 0.448. The maximum atomic E-state index is 8.73. The third kappa shape index (κ3) is 3.00. The van der Waals surface area contributed by atoms with E-state index in [1.165, 1.54) is 0 Å². The van der Waals surface area contributed by atoms with Gasteiger partial charge in [-0.1, -0.05) is 25.6 Å². The van der Waals surface area contributed by atoms with Crippen molar-refractivity contribution in [2.75, 3.05) is 0 Å². The number of nitrogens with zero attached hydrogens (tertiary/aromatic N) is 3. The summed E-state index contributed by atoms with van der Waals surface area (Å²) in [4.78, 5) is 8.40. The Kier molecular flexibility index (Phi) is 3.90. The summed E-state index contributed by atoms with van der Waals surface area (Å²) >= 11 is 1.61. The number of hydrogen-bond acceptors (Lipinski definition) is 4. The summed E-state index contributed by atoms with van der Waals surface area (Å²) in [5.74, 6) is 0. The fraction of sp³-hybridized carbons (Fsp3) is 0.500. The lowest BCUT2D eigenvalue weighted by Crippen LogP contribution is -1.98. The quantitative estimate of drug-likeness (QED) is 0.564. The van der Waals surface area contributed by atoms with Gasteiger partial charge in [-0.3, -0.25) is 0 Å². The van der Waals surface area contributed by atoms with Crippen LogP contribution in [-0.2, 0) is 0 Å². The fourth-order valence-corrected chi connectivity index (χ4v) is 1.79. The highest BCUT2D eigenvalue weighted by atomic mass is 32.2. The van der Waals surface area contributed by atoms with Crippen LogP contribution in [0.1, 0.15) is 31.7 Å². The SMILES string of the molecule is CCC(C)Sc1nc(C)cc(C#N)n1. The van der Waals surface area contributed by atoms with Crippen LogP contribution in [0.5, 0.6) is 0 Å². The van der Waals surface area contributed by atoms with E-state index in [0.29, 0.717) is 16.1 Å². The Balaban J connectivity index is 2.88. The smallest absolute Gasteiger partial charge is 0.189 e. The molecule has 0 aliphatic heterocycles. The summed E-state index contributed by atoms with van der Waals surface area (Å²) in [7, 11) is 0. The van der Waals surface area contributed by atoms with Crippen LogP contribution in [0.4, 0.5) is 0 Å². The predicted octanol–water partition coefficient (Wildman–Crippen LogP) is 2.55. The first-order valence-corrected chi connectivity index (χ1v) is 5.46. The van der Waals surface area contributed by atoms with Crippen molar-refractivity contribution in [2.45, 2.75) is 37.6 Å². The van der Waals surface area contributed by atoms with E-state index in [4.69, 9.17) is 5.26 Å². The Bertz CT molecular complexity index is 357. The first kappa shape index (κ1) is 11.0. The van der Waals surface area contributed by atoms with Crippen molar-refractivity contribution in [1.82, 2.24) is 9.97 Å². The summed E-state index contributed by atoms with van der Waals surface area (Å²) in [5.41, 5.74) is 1.30. The predicted molar refractivity (Wildman–Crippen MR) is 57.1 cm³/mol. The standard InChI is InChI=1S/C10H13N3S/c1-4-8(3)14-10-12-7(2)5-9(6-11)13-10/h5,8H,4H2,1-3H3. The zero-order chi connectivity index (χ0) is 10.6. The molecule has 14 heavy (non-hydrogen) atoms. The van der Waals surface area contributed by atoms with Crippen molar-refractivity contribution in [2.24, 2.45) is 0 Å². The molecule has 1 aromatic heterocycles. The first-order valence-electron chi connectivity index (χ1n) is 4.58. The van der Waals surface area contributed by atoms with E-state index in [1.807, 2.05) is 13.0 Å². The van der Waals surface area contributed by atoms with Crippen LogP contribution >= 0.6 is 11.8 Å². The molecular weight excluding hydrogens is 194 g/mol. The summed E-state index contributed by atoms with van der Waals surface area (Å²) in [6.07, 6.45) is 1.07. The van der Waals surface area contributed by atoms with Gasteiger partial charge in [0.05, 0.1) is 0 Å². The van der Waals surface area contributed by atoms with Gasteiger partial charge in [0.1, 0.15) is 11.8 Å². The number of rotatable bonds is 3. The molecule has 74 valence electrons. The zero-order valence-electron chi connectivity index (χ0n) is 8.61. The van der Waals surface area contributed by atoms with Crippen LogP contribution in [-0.4, -0.2) is 15.2 Å². The van der Waals surface area contributed by atoms with Gasteiger partial charge in [0.2, 0.25) is 0 Å². The van der Waals surface area contributed by atoms with Crippen molar-refractivity contribution >= 4 is 11.8 Å². The van der Waals surface area contributed by atoms with E-state index in [9.17, 15) is 0 Å². The normalized spacial score (nSPS) is 12.1. The molecule has 3 nitrogen and oxygen atoms in total. The molecule has 0 aliphatic carbocycles. The van der Waals surface area contributed by atoms with Gasteiger partial charge in [0, 0.05) is 10.9 Å². The van der Waals surface area contributed by atoms with E-state index >= 15 is 0 Å². The van der Waals surface area contributed by atoms with Gasteiger partial charge in [-0.05, 0) is 19.4 Å². The topological polar surface area (TPSA) is 49.6 Å². The number of aryl methyl sites for hydroxylation is 1. The van der Waals surface area contributed by atoms with Crippen molar-refractivity contribution in [3.8, 4) is 6.07 Å². The van der Waals surface area contributed by atoms with Gasteiger partial charge in [-0.2, -0.15) is 5.26 Å². The number of nitriles is 1. The zero-order valence-corrected chi connectivity index (χ0v) is 9.43. The van der Waals surface area contributed by atoms with Crippen LogP contribution in [0, 0.1) is 18.3 Å². The fourth-order valence-electron chi connectivity index (χ4n) is 0.915. The van der Waals surface area contributed by atoms with Gasteiger partial charge >= 0.3 is 0 Å². The van der Waals surface area contributed by atoms with E-state index < -0.39 is 0 Å².